The Kier molecular flexibility index (Phi) is 7.65. The monoisotopic (exact) mass is 472 g/mol. The normalized spacial score (nSPS) is 13.5. The van der Waals surface area contributed by atoms with E-state index in [9.17, 15) is 14.4 Å². The molecule has 1 saturated heterocycles. The van der Waals surface area contributed by atoms with Crippen LogP contribution < -0.4 is 15.6 Å². The average Bonchev–Trinajstić information content (AvgIpc) is 2.89. The first kappa shape index (κ1) is 24.3. The molecule has 4 rings (SSSR count). The molecule has 7 heteroatoms. The van der Waals surface area contributed by atoms with E-state index in [2.05, 4.69) is 29.3 Å². The maximum Gasteiger partial charge on any atom is 0.259 e. The number of nitrogens with zero attached hydrogens (tertiary/aromatic N) is 3. The van der Waals surface area contributed by atoms with E-state index in [0.717, 1.165) is 12.0 Å². The Morgan fingerprint density at radius 3 is 2.23 bits per heavy atom. The van der Waals surface area contributed by atoms with Crippen molar-refractivity contribution in [2.75, 3.05) is 37.6 Å². The third kappa shape index (κ3) is 5.62. The fourth-order valence-electron chi connectivity index (χ4n) is 4.47. The lowest BCUT2D eigenvalue weighted by atomic mass is 10.1. The minimum absolute atomic E-state index is 0.00399. The second kappa shape index (κ2) is 11.0. The number of aryl methyl sites for hydroxylation is 3. The van der Waals surface area contributed by atoms with Gasteiger partial charge in [0.15, 0.2) is 0 Å². The molecule has 0 spiro atoms. The van der Waals surface area contributed by atoms with Crippen molar-refractivity contribution in [1.82, 2.24) is 14.8 Å². The van der Waals surface area contributed by atoms with E-state index in [1.807, 2.05) is 42.5 Å². The molecule has 7 nitrogen and oxygen atoms in total. The molecule has 0 bridgehead atoms. The fourth-order valence-corrected chi connectivity index (χ4v) is 4.47. The third-order valence-electron chi connectivity index (χ3n) is 6.42. The van der Waals surface area contributed by atoms with Gasteiger partial charge in [0, 0.05) is 57.3 Å². The lowest BCUT2D eigenvalue weighted by Crippen LogP contribution is -2.50. The van der Waals surface area contributed by atoms with Crippen LogP contribution in [-0.4, -0.2) is 54.0 Å². The first-order valence-electron chi connectivity index (χ1n) is 12.1. The molecule has 1 aromatic heterocycles. The second-order valence-electron chi connectivity index (χ2n) is 8.81. The van der Waals surface area contributed by atoms with Crippen LogP contribution in [0.4, 0.5) is 5.69 Å². The molecule has 2 heterocycles. The summed E-state index contributed by atoms with van der Waals surface area (Å²) in [4.78, 5) is 43.2. The smallest absolute Gasteiger partial charge is 0.259 e. The summed E-state index contributed by atoms with van der Waals surface area (Å²) in [5.41, 5.74) is 3.05. The zero-order valence-corrected chi connectivity index (χ0v) is 20.4. The molecule has 1 fully saturated rings. The fraction of sp³-hybridized carbons (Fsp3) is 0.321. The molecule has 3 aromatic rings. The van der Waals surface area contributed by atoms with Gasteiger partial charge >= 0.3 is 0 Å². The molecular weight excluding hydrogens is 440 g/mol. The first-order chi connectivity index (χ1) is 17.0. The standard InChI is InChI=1S/C28H32N4O3/c1-3-29-27(34)23-19-30(14-13-22-10-5-4-6-11-22)20-24(26(23)33)28(35)32-17-15-31(16-18-32)25-12-8-7-9-21(25)2/h4-12,19-20H,3,13-18H2,1-2H3,(H,29,34). The summed E-state index contributed by atoms with van der Waals surface area (Å²) in [7, 11) is 0. The van der Waals surface area contributed by atoms with Crippen molar-refractivity contribution in [3.8, 4) is 0 Å². The summed E-state index contributed by atoms with van der Waals surface area (Å²) in [5.74, 6) is -0.774. The summed E-state index contributed by atoms with van der Waals surface area (Å²) in [6.45, 7) is 7.25. The van der Waals surface area contributed by atoms with Crippen LogP contribution in [0, 0.1) is 6.92 Å². The van der Waals surface area contributed by atoms with Crippen LogP contribution in [-0.2, 0) is 13.0 Å². The molecule has 0 radical (unpaired) electrons. The largest absolute Gasteiger partial charge is 0.368 e. The quantitative estimate of drug-likeness (QED) is 0.574. The summed E-state index contributed by atoms with van der Waals surface area (Å²) in [5, 5.41) is 2.69. The van der Waals surface area contributed by atoms with Crippen LogP contribution in [0.5, 0.6) is 0 Å². The number of benzene rings is 2. The molecule has 0 saturated carbocycles. The Bertz CT molecular complexity index is 1240. The Hall–Kier alpha value is -3.87. The summed E-state index contributed by atoms with van der Waals surface area (Å²) < 4.78 is 1.79. The number of carbonyl (C=O) groups is 2. The zero-order chi connectivity index (χ0) is 24.8. The van der Waals surface area contributed by atoms with Crippen LogP contribution in [0.25, 0.3) is 0 Å². The van der Waals surface area contributed by atoms with Crippen molar-refractivity contribution in [1.29, 1.82) is 0 Å². The predicted octanol–water partition coefficient (Wildman–Crippen LogP) is 3.11. The van der Waals surface area contributed by atoms with Gasteiger partial charge in [-0.15, -0.1) is 0 Å². The van der Waals surface area contributed by atoms with Gasteiger partial charge in [-0.1, -0.05) is 48.5 Å². The van der Waals surface area contributed by atoms with Gasteiger partial charge in [-0.3, -0.25) is 14.4 Å². The maximum atomic E-state index is 13.5. The molecule has 0 unspecified atom stereocenters. The zero-order valence-electron chi connectivity index (χ0n) is 20.4. The highest BCUT2D eigenvalue weighted by Gasteiger charge is 2.26. The van der Waals surface area contributed by atoms with Gasteiger partial charge in [0.1, 0.15) is 11.1 Å². The van der Waals surface area contributed by atoms with Gasteiger partial charge in [-0.2, -0.15) is 0 Å². The van der Waals surface area contributed by atoms with Crippen LogP contribution >= 0.6 is 0 Å². The summed E-state index contributed by atoms with van der Waals surface area (Å²) in [6.07, 6.45) is 3.88. The van der Waals surface area contributed by atoms with Crippen molar-refractivity contribution in [3.63, 3.8) is 0 Å². The molecule has 1 N–H and O–H groups in total. The van der Waals surface area contributed by atoms with Crippen molar-refractivity contribution in [2.45, 2.75) is 26.8 Å². The van der Waals surface area contributed by atoms with Gasteiger partial charge in [0.25, 0.3) is 11.8 Å². The number of anilines is 1. The highest BCUT2D eigenvalue weighted by atomic mass is 16.2. The van der Waals surface area contributed by atoms with Crippen LogP contribution in [0.15, 0.2) is 71.8 Å². The van der Waals surface area contributed by atoms with E-state index < -0.39 is 11.3 Å². The molecule has 1 aliphatic heterocycles. The molecule has 2 amide bonds. The number of aromatic nitrogens is 1. The Labute approximate surface area is 206 Å². The Morgan fingerprint density at radius 1 is 0.886 bits per heavy atom. The number of pyridine rings is 1. The highest BCUT2D eigenvalue weighted by molar-refractivity contribution is 5.99. The van der Waals surface area contributed by atoms with E-state index in [-0.39, 0.29) is 17.0 Å². The number of piperazine rings is 1. The molecule has 0 aliphatic carbocycles. The SMILES string of the molecule is CCNC(=O)c1cn(CCc2ccccc2)cc(C(=O)N2CCN(c3ccccc3C)CC2)c1=O. The number of amides is 2. The van der Waals surface area contributed by atoms with E-state index in [1.54, 1.807) is 28.8 Å². The first-order valence-corrected chi connectivity index (χ1v) is 12.1. The number of carbonyl (C=O) groups excluding carboxylic acids is 2. The lowest BCUT2D eigenvalue weighted by Gasteiger charge is -2.36. The average molecular weight is 473 g/mol. The van der Waals surface area contributed by atoms with Crippen LogP contribution in [0.2, 0.25) is 0 Å². The minimum Gasteiger partial charge on any atom is -0.368 e. The molecule has 2 aromatic carbocycles. The number of nitrogens with one attached hydrogen (secondary N) is 1. The highest BCUT2D eigenvalue weighted by Crippen LogP contribution is 2.21. The maximum absolute atomic E-state index is 13.5. The Balaban J connectivity index is 1.55. The topological polar surface area (TPSA) is 74.7 Å². The molecular formula is C28H32N4O3. The van der Waals surface area contributed by atoms with E-state index in [0.29, 0.717) is 39.3 Å². The lowest BCUT2D eigenvalue weighted by molar-refractivity contribution is 0.0744. The second-order valence-corrected chi connectivity index (χ2v) is 8.81. The number of hydrogen-bond donors (Lipinski definition) is 1. The van der Waals surface area contributed by atoms with Crippen molar-refractivity contribution in [3.05, 3.63) is 99.5 Å². The third-order valence-corrected chi connectivity index (χ3v) is 6.42. The molecule has 1 aliphatic rings. The van der Waals surface area contributed by atoms with Crippen molar-refractivity contribution in [2.24, 2.45) is 0 Å². The van der Waals surface area contributed by atoms with E-state index in [1.165, 1.54) is 11.3 Å². The number of hydrogen-bond acceptors (Lipinski definition) is 4. The van der Waals surface area contributed by atoms with Gasteiger partial charge in [-0.05, 0) is 37.5 Å². The minimum atomic E-state index is -0.516. The van der Waals surface area contributed by atoms with E-state index >= 15 is 0 Å². The molecule has 182 valence electrons. The number of para-hydroxylation sites is 1. The molecule has 0 atom stereocenters. The van der Waals surface area contributed by atoms with Crippen molar-refractivity contribution >= 4 is 17.5 Å². The van der Waals surface area contributed by atoms with Crippen LogP contribution in [0.1, 0.15) is 38.8 Å². The van der Waals surface area contributed by atoms with Crippen molar-refractivity contribution < 1.29 is 9.59 Å². The van der Waals surface area contributed by atoms with Gasteiger partial charge in [0.2, 0.25) is 5.43 Å². The summed E-state index contributed by atoms with van der Waals surface area (Å²) >= 11 is 0. The van der Waals surface area contributed by atoms with Gasteiger partial charge < -0.3 is 19.7 Å². The van der Waals surface area contributed by atoms with Gasteiger partial charge in [-0.25, -0.2) is 0 Å². The van der Waals surface area contributed by atoms with Crippen LogP contribution in [0.3, 0.4) is 0 Å². The summed E-state index contributed by atoms with van der Waals surface area (Å²) in [6, 6.07) is 18.2. The Morgan fingerprint density at radius 2 is 1.54 bits per heavy atom. The molecule has 35 heavy (non-hydrogen) atoms. The van der Waals surface area contributed by atoms with E-state index in [4.69, 9.17) is 0 Å². The number of rotatable bonds is 7. The van der Waals surface area contributed by atoms with Gasteiger partial charge in [0.05, 0.1) is 0 Å². The predicted molar refractivity (Wildman–Crippen MR) is 138 cm³/mol.